The van der Waals surface area contributed by atoms with Gasteiger partial charge in [0, 0.05) is 32.4 Å². The van der Waals surface area contributed by atoms with E-state index in [2.05, 4.69) is 4.72 Å². The van der Waals surface area contributed by atoms with Crippen molar-refractivity contribution in [3.63, 3.8) is 0 Å². The van der Waals surface area contributed by atoms with Gasteiger partial charge in [-0.15, -0.1) is 11.3 Å². The molecule has 0 aliphatic heterocycles. The SMILES string of the molecule is CCOC(=O)c1sc(-c2ccc(Cl)cc2)cc1-c1ccc(NS(=O)[O-])cc1. The lowest BCUT2D eigenvalue weighted by molar-refractivity contribution is 0.0533. The summed E-state index contributed by atoms with van der Waals surface area (Å²) < 4.78 is 29.0. The van der Waals surface area contributed by atoms with E-state index in [1.807, 2.05) is 18.2 Å². The molecule has 0 amide bonds. The molecule has 0 fully saturated rings. The van der Waals surface area contributed by atoms with Crippen molar-refractivity contribution in [2.45, 2.75) is 6.92 Å². The first-order chi connectivity index (χ1) is 13.0. The zero-order valence-corrected chi connectivity index (χ0v) is 16.6. The Kier molecular flexibility index (Phi) is 6.28. The minimum absolute atomic E-state index is 0.282. The van der Waals surface area contributed by atoms with Gasteiger partial charge in [0.05, 0.1) is 6.61 Å². The van der Waals surface area contributed by atoms with Crippen LogP contribution >= 0.6 is 22.9 Å². The average molecular weight is 421 g/mol. The molecule has 0 spiro atoms. The van der Waals surface area contributed by atoms with E-state index in [1.54, 1.807) is 43.3 Å². The zero-order chi connectivity index (χ0) is 19.4. The Balaban J connectivity index is 2.03. The van der Waals surface area contributed by atoms with Gasteiger partial charge < -0.3 is 14.0 Å². The summed E-state index contributed by atoms with van der Waals surface area (Å²) in [5.74, 6) is -0.388. The van der Waals surface area contributed by atoms with Crippen LogP contribution in [0.25, 0.3) is 21.6 Å². The molecule has 1 aromatic heterocycles. The molecule has 1 N–H and O–H groups in total. The number of hydrogen-bond donors (Lipinski definition) is 1. The highest BCUT2D eigenvalue weighted by Gasteiger charge is 2.19. The molecule has 1 heterocycles. The quantitative estimate of drug-likeness (QED) is 0.443. The van der Waals surface area contributed by atoms with E-state index in [-0.39, 0.29) is 12.6 Å². The predicted octanol–water partition coefficient (Wildman–Crippen LogP) is 5.12. The molecular weight excluding hydrogens is 406 g/mol. The Hall–Kier alpha value is -2.19. The fourth-order valence-corrected chi connectivity index (χ4v) is 4.06. The molecule has 0 saturated carbocycles. The van der Waals surface area contributed by atoms with E-state index in [0.717, 1.165) is 21.6 Å². The Bertz CT molecular complexity index is 968. The molecule has 0 bridgehead atoms. The topological polar surface area (TPSA) is 78.5 Å². The third-order valence-electron chi connectivity index (χ3n) is 3.72. The molecule has 3 rings (SSSR count). The van der Waals surface area contributed by atoms with Gasteiger partial charge in [-0.2, -0.15) is 0 Å². The zero-order valence-electron chi connectivity index (χ0n) is 14.2. The van der Waals surface area contributed by atoms with Crippen LogP contribution in [-0.4, -0.2) is 21.3 Å². The van der Waals surface area contributed by atoms with Crippen LogP contribution in [0.5, 0.6) is 0 Å². The van der Waals surface area contributed by atoms with Gasteiger partial charge >= 0.3 is 5.97 Å². The van der Waals surface area contributed by atoms with Crippen molar-refractivity contribution in [3.05, 3.63) is 64.5 Å². The van der Waals surface area contributed by atoms with E-state index < -0.39 is 11.3 Å². The van der Waals surface area contributed by atoms with Crippen molar-refractivity contribution in [1.82, 2.24) is 0 Å². The van der Waals surface area contributed by atoms with Gasteiger partial charge in [-0.1, -0.05) is 35.9 Å². The Morgan fingerprint density at radius 3 is 2.37 bits per heavy atom. The Labute approximate surface area is 168 Å². The van der Waals surface area contributed by atoms with Crippen LogP contribution in [0.4, 0.5) is 5.69 Å². The standard InChI is InChI=1S/C19H16ClNO4S2/c1-2-25-19(22)18-16(12-5-9-15(10-6-12)21-27(23)24)11-17(26-18)13-3-7-14(20)8-4-13/h3-11,21H,2H2,1H3,(H,23,24)/p-1. The molecule has 5 nitrogen and oxygen atoms in total. The molecular formula is C19H15ClNO4S2-. The normalized spacial score (nSPS) is 11.8. The number of carbonyl (C=O) groups excluding carboxylic acids is 1. The number of ether oxygens (including phenoxy) is 1. The van der Waals surface area contributed by atoms with Crippen LogP contribution in [0.15, 0.2) is 54.6 Å². The molecule has 140 valence electrons. The minimum atomic E-state index is -2.39. The van der Waals surface area contributed by atoms with E-state index in [0.29, 0.717) is 15.6 Å². The van der Waals surface area contributed by atoms with E-state index in [9.17, 15) is 13.6 Å². The van der Waals surface area contributed by atoms with Gasteiger partial charge in [-0.3, -0.25) is 4.21 Å². The molecule has 0 saturated heterocycles. The fourth-order valence-electron chi connectivity index (χ4n) is 2.52. The number of benzene rings is 2. The van der Waals surface area contributed by atoms with E-state index in [1.165, 1.54) is 11.3 Å². The van der Waals surface area contributed by atoms with Crippen LogP contribution in [0.3, 0.4) is 0 Å². The average Bonchev–Trinajstić information content (AvgIpc) is 3.08. The lowest BCUT2D eigenvalue weighted by atomic mass is 10.0. The van der Waals surface area contributed by atoms with Crippen molar-refractivity contribution in [2.24, 2.45) is 0 Å². The molecule has 1 unspecified atom stereocenters. The van der Waals surface area contributed by atoms with Crippen molar-refractivity contribution < 1.29 is 18.3 Å². The summed E-state index contributed by atoms with van der Waals surface area (Å²) in [6.07, 6.45) is 0. The number of hydrogen-bond acceptors (Lipinski definition) is 5. The van der Waals surface area contributed by atoms with Gasteiger partial charge in [0.25, 0.3) is 0 Å². The highest BCUT2D eigenvalue weighted by molar-refractivity contribution is 7.80. The molecule has 27 heavy (non-hydrogen) atoms. The maximum atomic E-state index is 12.4. The van der Waals surface area contributed by atoms with E-state index >= 15 is 0 Å². The van der Waals surface area contributed by atoms with Gasteiger partial charge in [0.15, 0.2) is 0 Å². The highest BCUT2D eigenvalue weighted by Crippen LogP contribution is 2.38. The molecule has 3 aromatic rings. The van der Waals surface area contributed by atoms with Crippen molar-refractivity contribution in [3.8, 4) is 21.6 Å². The van der Waals surface area contributed by atoms with Crippen molar-refractivity contribution in [2.75, 3.05) is 11.3 Å². The van der Waals surface area contributed by atoms with Gasteiger partial charge in [-0.25, -0.2) is 4.79 Å². The van der Waals surface area contributed by atoms with Crippen LogP contribution in [0, 0.1) is 0 Å². The molecule has 2 aromatic carbocycles. The second-order valence-corrected chi connectivity index (χ2v) is 7.66. The van der Waals surface area contributed by atoms with Crippen LogP contribution in [0.1, 0.15) is 16.6 Å². The number of carbonyl (C=O) groups is 1. The number of thiophene rings is 1. The smallest absolute Gasteiger partial charge is 0.348 e. The third kappa shape index (κ3) is 4.75. The fraction of sp³-hybridized carbons (Fsp3) is 0.105. The maximum Gasteiger partial charge on any atom is 0.348 e. The third-order valence-corrected chi connectivity index (χ3v) is 5.54. The summed E-state index contributed by atoms with van der Waals surface area (Å²) in [5.41, 5.74) is 2.91. The number of anilines is 1. The van der Waals surface area contributed by atoms with Gasteiger partial charge in [0.2, 0.25) is 0 Å². The number of rotatable bonds is 6. The predicted molar refractivity (Wildman–Crippen MR) is 109 cm³/mol. The summed E-state index contributed by atoms with van der Waals surface area (Å²) >= 11 is 4.91. The largest absolute Gasteiger partial charge is 0.755 e. The second kappa shape index (κ2) is 8.67. The van der Waals surface area contributed by atoms with Crippen LogP contribution < -0.4 is 4.72 Å². The van der Waals surface area contributed by atoms with Crippen LogP contribution in [-0.2, 0) is 16.0 Å². The molecule has 1 atom stereocenters. The second-order valence-electron chi connectivity index (χ2n) is 5.49. The summed E-state index contributed by atoms with van der Waals surface area (Å²) in [6.45, 7) is 2.04. The maximum absolute atomic E-state index is 12.4. The highest BCUT2D eigenvalue weighted by atomic mass is 35.5. The van der Waals surface area contributed by atoms with E-state index in [4.69, 9.17) is 16.3 Å². The van der Waals surface area contributed by atoms with Gasteiger partial charge in [0.1, 0.15) is 4.88 Å². The molecule has 0 aliphatic carbocycles. The van der Waals surface area contributed by atoms with Crippen molar-refractivity contribution in [1.29, 1.82) is 0 Å². The first-order valence-corrected chi connectivity index (χ1v) is 10.3. The number of esters is 1. The number of nitrogens with one attached hydrogen (secondary N) is 1. The summed E-state index contributed by atoms with van der Waals surface area (Å²) in [4.78, 5) is 13.8. The monoisotopic (exact) mass is 420 g/mol. The minimum Gasteiger partial charge on any atom is -0.755 e. The Morgan fingerprint density at radius 1 is 1.15 bits per heavy atom. The first-order valence-electron chi connectivity index (χ1n) is 8.01. The summed E-state index contributed by atoms with van der Waals surface area (Å²) in [5, 5.41) is 0.639. The molecule has 0 radical (unpaired) electrons. The summed E-state index contributed by atoms with van der Waals surface area (Å²) in [7, 11) is 0. The Morgan fingerprint density at radius 2 is 1.78 bits per heavy atom. The van der Waals surface area contributed by atoms with Gasteiger partial charge in [-0.05, 0) is 48.4 Å². The first kappa shape index (κ1) is 19.6. The van der Waals surface area contributed by atoms with Crippen molar-refractivity contribution >= 4 is 45.9 Å². The molecule has 8 heteroatoms. The lowest BCUT2D eigenvalue weighted by Gasteiger charge is -2.09. The number of halogens is 1. The molecule has 0 aliphatic rings. The summed E-state index contributed by atoms with van der Waals surface area (Å²) in [6, 6.07) is 16.1. The van der Waals surface area contributed by atoms with Crippen LogP contribution in [0.2, 0.25) is 5.02 Å². The lowest BCUT2D eigenvalue weighted by Crippen LogP contribution is -2.04.